The zero-order valence-electron chi connectivity index (χ0n) is 17.5. The Labute approximate surface area is 185 Å². The van der Waals surface area contributed by atoms with Gasteiger partial charge in [0.05, 0.1) is 38.1 Å². The second-order valence-corrected chi connectivity index (χ2v) is 6.95. The van der Waals surface area contributed by atoms with Crippen LogP contribution in [0.3, 0.4) is 0 Å². The molecule has 31 heavy (non-hydrogen) atoms. The van der Waals surface area contributed by atoms with Crippen LogP contribution in [0.25, 0.3) is 11.1 Å². The molecule has 0 aliphatic heterocycles. The molecule has 0 aliphatic carbocycles. The maximum Gasteiger partial charge on any atom is 0.258 e. The molecule has 0 atom stereocenters. The highest BCUT2D eigenvalue weighted by molar-refractivity contribution is 7.71. The molecule has 0 radical (unpaired) electrons. The molecule has 0 aliphatic rings. The monoisotopic (exact) mass is 435 g/mol. The number of aryl methyl sites for hydroxylation is 1. The van der Waals surface area contributed by atoms with Gasteiger partial charge in [0, 0.05) is 11.3 Å². The van der Waals surface area contributed by atoms with Crippen molar-refractivity contribution in [3.63, 3.8) is 0 Å². The number of hydrogen-bond acceptors (Lipinski definition) is 6. The Balaban J connectivity index is 2.23. The molecule has 7 nitrogen and oxygen atoms in total. The molecule has 1 amide bonds. The molecule has 1 aromatic heterocycles. The van der Waals surface area contributed by atoms with E-state index < -0.39 is 5.91 Å². The quantitative estimate of drug-likeness (QED) is 0.536. The number of benzene rings is 2. The molecule has 158 valence electrons. The second kappa shape index (κ2) is 9.32. The number of carbonyl (C=O) groups excluding carboxylic acids is 1. The fourth-order valence-electron chi connectivity index (χ4n) is 3.32. The Morgan fingerprint density at radius 3 is 2.35 bits per heavy atom. The van der Waals surface area contributed by atoms with Crippen LogP contribution in [0.15, 0.2) is 42.5 Å². The summed E-state index contributed by atoms with van der Waals surface area (Å²) < 4.78 is 16.3. The van der Waals surface area contributed by atoms with Gasteiger partial charge in [-0.05, 0) is 36.8 Å². The van der Waals surface area contributed by atoms with E-state index in [4.69, 9.17) is 26.4 Å². The average molecular weight is 436 g/mol. The maximum absolute atomic E-state index is 13.4. The number of nitrogens with zero attached hydrogens (tertiary/aromatic N) is 1. The first-order valence-electron chi connectivity index (χ1n) is 9.28. The Kier molecular flexibility index (Phi) is 6.58. The van der Waals surface area contributed by atoms with Gasteiger partial charge in [0.1, 0.15) is 16.5 Å². The van der Waals surface area contributed by atoms with E-state index >= 15 is 0 Å². The Hall–Kier alpha value is -3.83. The molecule has 0 spiro atoms. The van der Waals surface area contributed by atoms with Crippen LogP contribution in [0.1, 0.15) is 21.6 Å². The standard InChI is InChI=1S/C23H21N3O4S/c1-13-20(22(27)26-16-7-5-6-8-17(16)28-2)21(15(12-24)23(31)25-13)14-9-10-18(29-3)19(11-14)30-4/h5-11H,1-4H3,(H,25,31)(H,26,27). The van der Waals surface area contributed by atoms with Crippen molar-refractivity contribution in [3.8, 4) is 34.4 Å². The third-order valence-electron chi connectivity index (χ3n) is 4.77. The molecule has 1 heterocycles. The number of amides is 1. The van der Waals surface area contributed by atoms with Gasteiger partial charge in [-0.25, -0.2) is 0 Å². The van der Waals surface area contributed by atoms with Crippen molar-refractivity contribution in [2.24, 2.45) is 0 Å². The Bertz CT molecular complexity index is 1240. The van der Waals surface area contributed by atoms with Crippen LogP contribution < -0.4 is 19.5 Å². The van der Waals surface area contributed by atoms with Crippen LogP contribution in [-0.2, 0) is 0 Å². The molecular weight excluding hydrogens is 414 g/mol. The van der Waals surface area contributed by atoms with E-state index in [1.807, 2.05) is 6.07 Å². The number of ether oxygens (including phenoxy) is 3. The second-order valence-electron chi connectivity index (χ2n) is 6.54. The van der Waals surface area contributed by atoms with Gasteiger partial charge in [-0.15, -0.1) is 0 Å². The van der Waals surface area contributed by atoms with Crippen molar-refractivity contribution >= 4 is 23.8 Å². The molecule has 2 N–H and O–H groups in total. The van der Waals surface area contributed by atoms with Crippen molar-refractivity contribution in [2.75, 3.05) is 26.6 Å². The van der Waals surface area contributed by atoms with Gasteiger partial charge in [0.25, 0.3) is 5.91 Å². The van der Waals surface area contributed by atoms with Gasteiger partial charge in [0.15, 0.2) is 11.5 Å². The SMILES string of the molecule is COc1ccccc1NC(=O)c1c(C)[nH]c(=S)c(C#N)c1-c1ccc(OC)c(OC)c1. The number of rotatable bonds is 6. The molecule has 0 fully saturated rings. The number of H-pyrrole nitrogens is 1. The fraction of sp³-hybridized carbons (Fsp3) is 0.174. The molecule has 2 aromatic carbocycles. The summed E-state index contributed by atoms with van der Waals surface area (Å²) in [5.41, 5.74) is 2.54. The number of pyridine rings is 1. The molecule has 0 bridgehead atoms. The predicted molar refractivity (Wildman–Crippen MR) is 121 cm³/mol. The minimum atomic E-state index is -0.408. The largest absolute Gasteiger partial charge is 0.495 e. The van der Waals surface area contributed by atoms with E-state index in [1.54, 1.807) is 43.3 Å². The van der Waals surface area contributed by atoms with Crippen molar-refractivity contribution < 1.29 is 19.0 Å². The molecular formula is C23H21N3O4S. The van der Waals surface area contributed by atoms with Gasteiger partial charge < -0.3 is 24.5 Å². The first-order chi connectivity index (χ1) is 14.9. The van der Waals surface area contributed by atoms with E-state index in [2.05, 4.69) is 16.4 Å². The summed E-state index contributed by atoms with van der Waals surface area (Å²) in [7, 11) is 4.58. The minimum absolute atomic E-state index is 0.193. The third-order valence-corrected chi connectivity index (χ3v) is 5.08. The number of methoxy groups -OCH3 is 3. The number of nitriles is 1. The Morgan fingerprint density at radius 2 is 1.71 bits per heavy atom. The zero-order valence-corrected chi connectivity index (χ0v) is 18.3. The molecule has 0 saturated heterocycles. The molecule has 0 unspecified atom stereocenters. The number of para-hydroxylation sites is 2. The normalized spacial score (nSPS) is 10.2. The van der Waals surface area contributed by atoms with Crippen molar-refractivity contribution in [1.82, 2.24) is 4.98 Å². The summed E-state index contributed by atoms with van der Waals surface area (Å²) in [6.07, 6.45) is 0. The highest BCUT2D eigenvalue weighted by Gasteiger charge is 2.23. The van der Waals surface area contributed by atoms with Gasteiger partial charge in [-0.2, -0.15) is 5.26 Å². The fourth-order valence-corrected chi connectivity index (χ4v) is 3.63. The first-order valence-corrected chi connectivity index (χ1v) is 9.69. The van der Waals surface area contributed by atoms with Gasteiger partial charge in [0.2, 0.25) is 0 Å². The van der Waals surface area contributed by atoms with E-state index in [9.17, 15) is 10.1 Å². The lowest BCUT2D eigenvalue weighted by molar-refractivity contribution is 0.102. The summed E-state index contributed by atoms with van der Waals surface area (Å²) >= 11 is 5.37. The lowest BCUT2D eigenvalue weighted by Gasteiger charge is -2.17. The van der Waals surface area contributed by atoms with Gasteiger partial charge >= 0.3 is 0 Å². The van der Waals surface area contributed by atoms with Gasteiger partial charge in [-0.1, -0.05) is 30.4 Å². The summed E-state index contributed by atoms with van der Waals surface area (Å²) in [4.78, 5) is 16.3. The third kappa shape index (κ3) is 4.22. The maximum atomic E-state index is 13.4. The number of nitrogens with one attached hydrogen (secondary N) is 2. The summed E-state index contributed by atoms with van der Waals surface area (Å²) in [6.45, 7) is 1.73. The lowest BCUT2D eigenvalue weighted by Crippen LogP contribution is -2.17. The van der Waals surface area contributed by atoms with Gasteiger partial charge in [-0.3, -0.25) is 4.79 Å². The van der Waals surface area contributed by atoms with E-state index in [1.165, 1.54) is 21.3 Å². The highest BCUT2D eigenvalue weighted by atomic mass is 32.1. The van der Waals surface area contributed by atoms with Crippen LogP contribution >= 0.6 is 12.2 Å². The average Bonchev–Trinajstić information content (AvgIpc) is 2.78. The summed E-state index contributed by atoms with van der Waals surface area (Å²) in [5.74, 6) is 1.11. The molecule has 3 aromatic rings. The van der Waals surface area contributed by atoms with Crippen molar-refractivity contribution in [2.45, 2.75) is 6.92 Å². The van der Waals surface area contributed by atoms with E-state index in [0.29, 0.717) is 45.3 Å². The topological polar surface area (TPSA) is 96.4 Å². The molecule has 0 saturated carbocycles. The van der Waals surface area contributed by atoms with Crippen molar-refractivity contribution in [3.05, 3.63) is 63.9 Å². The van der Waals surface area contributed by atoms with Crippen molar-refractivity contribution in [1.29, 1.82) is 5.26 Å². The lowest BCUT2D eigenvalue weighted by atomic mass is 9.94. The van der Waals surface area contributed by atoms with Crippen LogP contribution in [0, 0.1) is 22.9 Å². The smallest absolute Gasteiger partial charge is 0.258 e. The zero-order chi connectivity index (χ0) is 22.5. The minimum Gasteiger partial charge on any atom is -0.495 e. The van der Waals surface area contributed by atoms with E-state index in [0.717, 1.165) is 0 Å². The summed E-state index contributed by atoms with van der Waals surface area (Å²) in [6, 6.07) is 14.4. The van der Waals surface area contributed by atoms with Crippen LogP contribution in [0.4, 0.5) is 5.69 Å². The first kappa shape index (κ1) is 21.9. The predicted octanol–water partition coefficient (Wildman–Crippen LogP) is 4.87. The van der Waals surface area contributed by atoms with E-state index in [-0.39, 0.29) is 10.2 Å². The summed E-state index contributed by atoms with van der Waals surface area (Å²) in [5, 5.41) is 12.7. The molecule has 3 rings (SSSR count). The number of anilines is 1. The number of aromatic amines is 1. The number of aromatic nitrogens is 1. The van der Waals surface area contributed by atoms with Crippen LogP contribution in [0.5, 0.6) is 17.2 Å². The highest BCUT2D eigenvalue weighted by Crippen LogP contribution is 2.37. The van der Waals surface area contributed by atoms with Crippen LogP contribution in [-0.4, -0.2) is 32.2 Å². The number of carbonyl (C=O) groups is 1. The number of hydrogen-bond donors (Lipinski definition) is 2. The Morgan fingerprint density at radius 1 is 1.03 bits per heavy atom. The molecule has 8 heteroatoms. The van der Waals surface area contributed by atoms with Crippen LogP contribution in [0.2, 0.25) is 0 Å².